The number of aliphatic imine (C=N–C) groups is 1. The van der Waals surface area contributed by atoms with Crippen molar-refractivity contribution < 1.29 is 4.79 Å². The minimum atomic E-state index is -0.0957. The molecule has 0 saturated heterocycles. The van der Waals surface area contributed by atoms with Crippen LogP contribution in [0.25, 0.3) is 0 Å². The van der Waals surface area contributed by atoms with Crippen LogP contribution < -0.4 is 0 Å². The Kier molecular flexibility index (Phi) is 3.04. The third kappa shape index (κ3) is 2.07. The van der Waals surface area contributed by atoms with E-state index in [-0.39, 0.29) is 5.91 Å². The number of hydrogen-bond acceptors (Lipinski definition) is 3. The molecule has 0 N–H and O–H groups in total. The molecule has 14 heavy (non-hydrogen) atoms. The molecule has 1 aromatic heterocycles. The van der Waals surface area contributed by atoms with Crippen molar-refractivity contribution >= 4 is 54.6 Å². The molecule has 2 heterocycles. The second-order valence-electron chi connectivity index (χ2n) is 2.58. The Morgan fingerprint density at radius 1 is 1.43 bits per heavy atom. The Bertz CT molecular complexity index is 433. The van der Waals surface area contributed by atoms with E-state index in [2.05, 4.69) is 41.8 Å². The Morgan fingerprint density at radius 3 is 2.79 bits per heavy atom. The second kappa shape index (κ2) is 4.12. The molecule has 6 heteroatoms. The van der Waals surface area contributed by atoms with Gasteiger partial charge in [0.2, 0.25) is 0 Å². The smallest absolute Gasteiger partial charge is 0.257 e. The number of carbonyl (C=O) groups is 1. The lowest BCUT2D eigenvalue weighted by Crippen LogP contribution is -1.97. The van der Waals surface area contributed by atoms with Crippen LogP contribution in [0.2, 0.25) is 0 Å². The molecule has 1 aliphatic rings. The van der Waals surface area contributed by atoms with Crippen LogP contribution in [0.4, 0.5) is 0 Å². The molecule has 0 atom stereocenters. The van der Waals surface area contributed by atoms with Crippen LogP contribution in [0.1, 0.15) is 5.69 Å². The van der Waals surface area contributed by atoms with Crippen molar-refractivity contribution in [2.24, 2.45) is 4.99 Å². The molecule has 1 aliphatic heterocycles. The summed E-state index contributed by atoms with van der Waals surface area (Å²) in [4.78, 5) is 19.0. The molecule has 0 aromatic carbocycles. The van der Waals surface area contributed by atoms with Crippen LogP contribution >= 0.6 is 43.6 Å². The fourth-order valence-corrected chi connectivity index (χ4v) is 3.10. The maximum absolute atomic E-state index is 10.9. The Balaban J connectivity index is 2.42. The van der Waals surface area contributed by atoms with Gasteiger partial charge in [-0.2, -0.15) is 0 Å². The van der Waals surface area contributed by atoms with Crippen molar-refractivity contribution in [3.63, 3.8) is 0 Å². The zero-order valence-corrected chi connectivity index (χ0v) is 10.8. The molecule has 1 amide bonds. The first-order chi connectivity index (χ1) is 6.66. The molecule has 1 aromatic rings. The van der Waals surface area contributed by atoms with Crippen LogP contribution in [0.3, 0.4) is 0 Å². The zero-order chi connectivity index (χ0) is 10.1. The lowest BCUT2D eigenvalue weighted by molar-refractivity contribution is -0.115. The van der Waals surface area contributed by atoms with E-state index in [1.807, 2.05) is 6.07 Å². The Labute approximate surface area is 102 Å². The van der Waals surface area contributed by atoms with E-state index in [1.54, 1.807) is 6.20 Å². The Morgan fingerprint density at radius 2 is 2.21 bits per heavy atom. The molecule has 0 bridgehead atoms. The van der Waals surface area contributed by atoms with Crippen molar-refractivity contribution in [2.75, 3.05) is 5.75 Å². The van der Waals surface area contributed by atoms with E-state index in [0.717, 1.165) is 14.6 Å². The molecule has 0 spiro atoms. The number of nitrogens with zero attached hydrogens (tertiary/aromatic N) is 2. The van der Waals surface area contributed by atoms with E-state index in [0.29, 0.717) is 10.8 Å². The number of thioether (sulfide) groups is 1. The predicted molar refractivity (Wildman–Crippen MR) is 63.6 cm³/mol. The molecule has 0 fully saturated rings. The Hall–Kier alpha value is -0.200. The van der Waals surface area contributed by atoms with Gasteiger partial charge in [-0.1, -0.05) is 11.8 Å². The third-order valence-corrected chi connectivity index (χ3v) is 3.56. The van der Waals surface area contributed by atoms with Gasteiger partial charge in [-0.3, -0.25) is 9.78 Å². The van der Waals surface area contributed by atoms with Gasteiger partial charge in [0.05, 0.1) is 5.75 Å². The van der Waals surface area contributed by atoms with Gasteiger partial charge in [-0.25, -0.2) is 4.99 Å². The first-order valence-corrected chi connectivity index (χ1v) is 6.30. The summed E-state index contributed by atoms with van der Waals surface area (Å²) in [6.07, 6.45) is 1.69. The van der Waals surface area contributed by atoms with Crippen LogP contribution in [0, 0.1) is 0 Å². The van der Waals surface area contributed by atoms with E-state index < -0.39 is 0 Å². The monoisotopic (exact) mass is 334 g/mol. The maximum Gasteiger partial charge on any atom is 0.257 e. The number of rotatable bonds is 1. The maximum atomic E-state index is 10.9. The second-order valence-corrected chi connectivity index (χ2v) is 5.32. The zero-order valence-electron chi connectivity index (χ0n) is 6.83. The van der Waals surface area contributed by atoms with Crippen LogP contribution in [-0.2, 0) is 4.79 Å². The van der Waals surface area contributed by atoms with Gasteiger partial charge < -0.3 is 0 Å². The van der Waals surface area contributed by atoms with Crippen LogP contribution in [-0.4, -0.2) is 21.7 Å². The van der Waals surface area contributed by atoms with Gasteiger partial charge in [0, 0.05) is 15.1 Å². The van der Waals surface area contributed by atoms with Crippen LogP contribution in [0.5, 0.6) is 0 Å². The van der Waals surface area contributed by atoms with E-state index >= 15 is 0 Å². The molecular weight excluding hydrogens is 332 g/mol. The average Bonchev–Trinajstić information content (AvgIpc) is 2.51. The molecule has 2 rings (SSSR count). The van der Waals surface area contributed by atoms with Gasteiger partial charge in [-0.15, -0.1) is 0 Å². The number of aromatic nitrogens is 1. The normalized spacial score (nSPS) is 15.9. The minimum absolute atomic E-state index is 0.0957. The fraction of sp³-hybridized carbons (Fsp3) is 0.125. The SMILES string of the molecule is O=C1CSC(c2ncc(Br)cc2Br)=N1. The summed E-state index contributed by atoms with van der Waals surface area (Å²) < 4.78 is 1.73. The summed E-state index contributed by atoms with van der Waals surface area (Å²) in [6.45, 7) is 0. The highest BCUT2D eigenvalue weighted by Gasteiger charge is 2.19. The van der Waals surface area contributed by atoms with Gasteiger partial charge in [-0.05, 0) is 37.9 Å². The summed E-state index contributed by atoms with van der Waals surface area (Å²) in [6, 6.07) is 1.88. The lowest BCUT2D eigenvalue weighted by atomic mass is 10.4. The van der Waals surface area contributed by atoms with Crippen molar-refractivity contribution in [3.8, 4) is 0 Å². The molecular formula is C8H4Br2N2OS. The minimum Gasteiger partial charge on any atom is -0.272 e. The fourth-order valence-electron chi connectivity index (χ4n) is 1.00. The van der Waals surface area contributed by atoms with Gasteiger partial charge >= 0.3 is 0 Å². The summed E-state index contributed by atoms with van der Waals surface area (Å²) in [5, 5.41) is 0.689. The number of amides is 1. The number of hydrogen-bond donors (Lipinski definition) is 0. The highest BCUT2D eigenvalue weighted by molar-refractivity contribution is 9.11. The molecule has 0 radical (unpaired) electrons. The summed E-state index contributed by atoms with van der Waals surface area (Å²) in [7, 11) is 0. The summed E-state index contributed by atoms with van der Waals surface area (Å²) in [5.41, 5.74) is 0.726. The van der Waals surface area contributed by atoms with Gasteiger partial charge in [0.25, 0.3) is 5.91 Å². The van der Waals surface area contributed by atoms with E-state index in [4.69, 9.17) is 0 Å². The van der Waals surface area contributed by atoms with Crippen molar-refractivity contribution in [2.45, 2.75) is 0 Å². The summed E-state index contributed by atoms with van der Waals surface area (Å²) in [5.74, 6) is 0.320. The number of pyridine rings is 1. The predicted octanol–water partition coefficient (Wildman–Crippen LogP) is 2.63. The molecule has 72 valence electrons. The standard InChI is InChI=1S/C8H4Br2N2OS/c9-4-1-5(10)7(11-2-4)8-12-6(13)3-14-8/h1-2H,3H2. The topological polar surface area (TPSA) is 42.3 Å². The number of carbonyl (C=O) groups excluding carboxylic acids is 1. The van der Waals surface area contributed by atoms with Crippen molar-refractivity contribution in [1.82, 2.24) is 4.98 Å². The first kappa shape index (κ1) is 10.3. The quantitative estimate of drug-likeness (QED) is 0.792. The van der Waals surface area contributed by atoms with Crippen molar-refractivity contribution in [3.05, 3.63) is 26.9 Å². The highest BCUT2D eigenvalue weighted by atomic mass is 79.9. The number of halogens is 2. The molecule has 0 unspecified atom stereocenters. The molecule has 3 nitrogen and oxygen atoms in total. The summed E-state index contributed by atoms with van der Waals surface area (Å²) >= 11 is 8.11. The molecule has 0 saturated carbocycles. The molecule has 0 aliphatic carbocycles. The largest absolute Gasteiger partial charge is 0.272 e. The third-order valence-electron chi connectivity index (χ3n) is 1.57. The first-order valence-electron chi connectivity index (χ1n) is 3.72. The van der Waals surface area contributed by atoms with Crippen molar-refractivity contribution in [1.29, 1.82) is 0 Å². The van der Waals surface area contributed by atoms with Gasteiger partial charge in [0.1, 0.15) is 10.7 Å². The van der Waals surface area contributed by atoms with Crippen LogP contribution in [0.15, 0.2) is 26.2 Å². The average molecular weight is 336 g/mol. The highest BCUT2D eigenvalue weighted by Crippen LogP contribution is 2.26. The van der Waals surface area contributed by atoms with E-state index in [9.17, 15) is 4.79 Å². The lowest BCUT2D eigenvalue weighted by Gasteiger charge is -2.01. The van der Waals surface area contributed by atoms with Gasteiger partial charge in [0.15, 0.2) is 0 Å². The van der Waals surface area contributed by atoms with E-state index in [1.165, 1.54) is 11.8 Å².